The number of allylic oxidation sites excluding steroid dienone is 2. The monoisotopic (exact) mass is 392 g/mol. The first-order valence-corrected chi connectivity index (χ1v) is 10.2. The minimum absolute atomic E-state index is 0.176. The largest absolute Gasteiger partial charge is 0.329 e. The lowest BCUT2D eigenvalue weighted by Gasteiger charge is -2.36. The average molecular weight is 392 g/mol. The summed E-state index contributed by atoms with van der Waals surface area (Å²) < 4.78 is 2.14. The van der Waals surface area contributed by atoms with E-state index in [2.05, 4.69) is 33.1 Å². The predicted molar refractivity (Wildman–Crippen MR) is 116 cm³/mol. The highest BCUT2D eigenvalue weighted by Crippen LogP contribution is 2.45. The van der Waals surface area contributed by atoms with Crippen LogP contribution in [0.15, 0.2) is 90.4 Å². The number of benzene rings is 2. The number of hydrogen-bond acceptors (Lipinski definition) is 4. The van der Waals surface area contributed by atoms with E-state index >= 15 is 0 Å². The van der Waals surface area contributed by atoms with Gasteiger partial charge in [0.1, 0.15) is 0 Å². The number of ketones is 1. The molecule has 2 aromatic carbocycles. The Morgan fingerprint density at radius 3 is 2.53 bits per heavy atom. The van der Waals surface area contributed by atoms with Crippen LogP contribution in [0.1, 0.15) is 35.9 Å². The maximum absolute atomic E-state index is 13.5. The van der Waals surface area contributed by atoms with Gasteiger partial charge in [0, 0.05) is 30.1 Å². The third kappa shape index (κ3) is 2.59. The number of anilines is 1. The molecule has 0 saturated carbocycles. The third-order valence-corrected chi connectivity index (χ3v) is 6.17. The Morgan fingerprint density at radius 1 is 0.900 bits per heavy atom. The Morgan fingerprint density at radius 2 is 1.70 bits per heavy atom. The number of imidazole rings is 1. The summed E-state index contributed by atoms with van der Waals surface area (Å²) in [4.78, 5) is 22.7. The zero-order chi connectivity index (χ0) is 20.1. The highest BCUT2D eigenvalue weighted by atomic mass is 16.1. The number of pyridine rings is 1. The van der Waals surface area contributed by atoms with Gasteiger partial charge in [0.25, 0.3) is 0 Å². The summed E-state index contributed by atoms with van der Waals surface area (Å²) in [6.45, 7) is 0. The number of hydrogen-bond donors (Lipinski definition) is 1. The van der Waals surface area contributed by atoms with Gasteiger partial charge in [-0.3, -0.25) is 14.3 Å². The molecule has 2 aliphatic rings. The van der Waals surface area contributed by atoms with Gasteiger partial charge in [0.2, 0.25) is 5.95 Å². The van der Waals surface area contributed by atoms with Crippen molar-refractivity contribution in [1.82, 2.24) is 14.5 Å². The maximum Gasteiger partial charge on any atom is 0.209 e. The van der Waals surface area contributed by atoms with Crippen LogP contribution in [0.3, 0.4) is 0 Å². The SMILES string of the molecule is O=C1C[C@H](c2ccccc2)CC2=C1[C@H](c1cccnc1)n1c(nc3ccccc31)N2. The molecule has 1 aliphatic carbocycles. The van der Waals surface area contributed by atoms with Crippen molar-refractivity contribution >= 4 is 22.8 Å². The number of Topliss-reactive ketones (excluding diaryl/α,β-unsaturated/α-hetero) is 1. The lowest BCUT2D eigenvalue weighted by atomic mass is 9.78. The number of carbonyl (C=O) groups excluding carboxylic acids is 1. The average Bonchev–Trinajstić information content (AvgIpc) is 3.17. The summed E-state index contributed by atoms with van der Waals surface area (Å²) in [5.41, 5.74) is 5.96. The number of nitrogens with zero attached hydrogens (tertiary/aromatic N) is 3. The minimum atomic E-state index is -0.221. The van der Waals surface area contributed by atoms with Gasteiger partial charge in [-0.2, -0.15) is 0 Å². The maximum atomic E-state index is 13.5. The number of aromatic nitrogens is 3. The molecule has 0 radical (unpaired) electrons. The molecule has 30 heavy (non-hydrogen) atoms. The number of para-hydroxylation sites is 2. The topological polar surface area (TPSA) is 59.8 Å². The van der Waals surface area contributed by atoms with Crippen LogP contribution in [0.5, 0.6) is 0 Å². The lowest BCUT2D eigenvalue weighted by molar-refractivity contribution is -0.116. The van der Waals surface area contributed by atoms with Gasteiger partial charge in [-0.05, 0) is 41.7 Å². The Bertz CT molecular complexity index is 1290. The molecule has 5 heteroatoms. The van der Waals surface area contributed by atoms with Gasteiger partial charge in [0.05, 0.1) is 17.1 Å². The van der Waals surface area contributed by atoms with Gasteiger partial charge in [0.15, 0.2) is 5.78 Å². The van der Waals surface area contributed by atoms with E-state index in [0.717, 1.165) is 40.2 Å². The summed E-state index contributed by atoms with van der Waals surface area (Å²) >= 11 is 0. The first-order valence-electron chi connectivity index (χ1n) is 10.2. The van der Waals surface area contributed by atoms with Crippen molar-refractivity contribution in [1.29, 1.82) is 0 Å². The van der Waals surface area contributed by atoms with Crippen molar-refractivity contribution in [3.63, 3.8) is 0 Å². The molecule has 1 aliphatic heterocycles. The van der Waals surface area contributed by atoms with E-state index in [0.29, 0.717) is 6.42 Å². The van der Waals surface area contributed by atoms with Gasteiger partial charge in [-0.1, -0.05) is 48.5 Å². The molecule has 4 aromatic rings. The molecule has 0 unspecified atom stereocenters. The predicted octanol–water partition coefficient (Wildman–Crippen LogP) is 4.85. The highest BCUT2D eigenvalue weighted by molar-refractivity contribution is 6.01. The molecule has 0 spiro atoms. The van der Waals surface area contributed by atoms with E-state index in [9.17, 15) is 4.79 Å². The van der Waals surface area contributed by atoms with E-state index in [1.807, 2.05) is 54.7 Å². The standard InChI is InChI=1S/C25H20N4O/c30-22-14-18(16-7-2-1-3-8-16)13-20-23(22)24(17-9-6-12-26-15-17)29-21-11-5-4-10-19(21)27-25(29)28-20/h1-12,15,18,24H,13-14H2,(H,27,28)/t18-,24+/m1/s1. The Hall–Kier alpha value is -3.73. The lowest BCUT2D eigenvalue weighted by Crippen LogP contribution is -2.33. The zero-order valence-electron chi connectivity index (χ0n) is 16.3. The molecular weight excluding hydrogens is 372 g/mol. The van der Waals surface area contributed by atoms with Crippen molar-refractivity contribution < 1.29 is 4.79 Å². The first kappa shape index (κ1) is 17.2. The van der Waals surface area contributed by atoms with Crippen molar-refractivity contribution in [3.8, 4) is 0 Å². The number of fused-ring (bicyclic) bond motifs is 3. The molecule has 2 aromatic heterocycles. The fourth-order valence-corrected chi connectivity index (χ4v) is 4.84. The number of rotatable bonds is 2. The molecular formula is C25H20N4O. The molecule has 5 nitrogen and oxygen atoms in total. The van der Waals surface area contributed by atoms with Crippen LogP contribution >= 0.6 is 0 Å². The van der Waals surface area contributed by atoms with Crippen LogP contribution < -0.4 is 5.32 Å². The summed E-state index contributed by atoms with van der Waals surface area (Å²) in [5.74, 6) is 1.15. The van der Waals surface area contributed by atoms with Gasteiger partial charge < -0.3 is 5.32 Å². The second kappa shape index (κ2) is 6.66. The van der Waals surface area contributed by atoms with Gasteiger partial charge >= 0.3 is 0 Å². The Kier molecular flexibility index (Phi) is 3.81. The fourth-order valence-electron chi connectivity index (χ4n) is 4.84. The molecule has 3 heterocycles. The molecule has 0 amide bonds. The van der Waals surface area contributed by atoms with Crippen LogP contribution in [0.4, 0.5) is 5.95 Å². The summed E-state index contributed by atoms with van der Waals surface area (Å²) in [5, 5.41) is 3.51. The molecule has 0 saturated heterocycles. The third-order valence-electron chi connectivity index (χ3n) is 6.17. The first-order chi connectivity index (χ1) is 14.8. The molecule has 0 bridgehead atoms. The van der Waals surface area contributed by atoms with E-state index in [-0.39, 0.29) is 17.7 Å². The van der Waals surface area contributed by atoms with Crippen LogP contribution in [-0.2, 0) is 4.79 Å². The Labute approximate surface area is 174 Å². The second-order valence-corrected chi connectivity index (χ2v) is 7.94. The summed E-state index contributed by atoms with van der Waals surface area (Å²) in [6.07, 6.45) is 4.94. The molecule has 6 rings (SSSR count). The minimum Gasteiger partial charge on any atom is -0.329 e. The zero-order valence-corrected chi connectivity index (χ0v) is 16.3. The van der Waals surface area contributed by atoms with Gasteiger partial charge in [-0.15, -0.1) is 0 Å². The number of carbonyl (C=O) groups is 1. The van der Waals surface area contributed by atoms with Gasteiger partial charge in [-0.25, -0.2) is 4.98 Å². The van der Waals surface area contributed by atoms with Crippen molar-refractivity contribution in [3.05, 3.63) is 102 Å². The Balaban J connectivity index is 1.54. The van der Waals surface area contributed by atoms with E-state index < -0.39 is 0 Å². The van der Waals surface area contributed by atoms with Crippen LogP contribution in [0, 0.1) is 0 Å². The van der Waals surface area contributed by atoms with Crippen molar-refractivity contribution in [2.24, 2.45) is 0 Å². The van der Waals surface area contributed by atoms with Crippen molar-refractivity contribution in [2.45, 2.75) is 24.8 Å². The normalized spacial score (nSPS) is 20.6. The van der Waals surface area contributed by atoms with Crippen LogP contribution in [-0.4, -0.2) is 20.3 Å². The number of nitrogens with one attached hydrogen (secondary N) is 1. The van der Waals surface area contributed by atoms with E-state index in [4.69, 9.17) is 4.98 Å². The van der Waals surface area contributed by atoms with E-state index in [1.165, 1.54) is 5.56 Å². The smallest absolute Gasteiger partial charge is 0.209 e. The summed E-state index contributed by atoms with van der Waals surface area (Å²) in [6, 6.07) is 22.1. The highest BCUT2D eigenvalue weighted by Gasteiger charge is 2.39. The second-order valence-electron chi connectivity index (χ2n) is 7.94. The van der Waals surface area contributed by atoms with Crippen molar-refractivity contribution in [2.75, 3.05) is 5.32 Å². The molecule has 0 fully saturated rings. The van der Waals surface area contributed by atoms with E-state index in [1.54, 1.807) is 6.20 Å². The van der Waals surface area contributed by atoms with Crippen LogP contribution in [0.25, 0.3) is 11.0 Å². The van der Waals surface area contributed by atoms with Crippen LogP contribution in [0.2, 0.25) is 0 Å². The summed E-state index contributed by atoms with van der Waals surface area (Å²) in [7, 11) is 0. The quantitative estimate of drug-likeness (QED) is 0.530. The fraction of sp³-hybridized carbons (Fsp3) is 0.160. The molecule has 2 atom stereocenters. The molecule has 146 valence electrons. The molecule has 1 N–H and O–H groups in total.